The van der Waals surface area contributed by atoms with Gasteiger partial charge in [0, 0.05) is 6.54 Å². The van der Waals surface area contributed by atoms with Gasteiger partial charge >= 0.3 is 6.09 Å². The molecule has 0 aromatic heterocycles. The van der Waals surface area contributed by atoms with Crippen LogP contribution in [-0.2, 0) is 4.74 Å². The molecule has 2 rings (SSSR count). The van der Waals surface area contributed by atoms with E-state index in [-0.39, 0.29) is 23.7 Å². The summed E-state index contributed by atoms with van der Waals surface area (Å²) in [5, 5.41) is 13.6. The van der Waals surface area contributed by atoms with Crippen molar-refractivity contribution < 1.29 is 14.6 Å². The fraction of sp³-hybridized carbons (Fsp3) is 0.588. The van der Waals surface area contributed by atoms with Crippen LogP contribution in [0.5, 0.6) is 0 Å². The maximum absolute atomic E-state index is 11.6. The number of hydrogen-bond donors (Lipinski definition) is 2. The molecule has 2 N–H and O–H groups in total. The van der Waals surface area contributed by atoms with Crippen LogP contribution in [0.1, 0.15) is 32.4 Å². The van der Waals surface area contributed by atoms with Crippen molar-refractivity contribution in [1.29, 1.82) is 0 Å². The number of ether oxygens (including phenoxy) is 1. The van der Waals surface area contributed by atoms with E-state index in [0.717, 1.165) is 5.56 Å². The third-order valence-electron chi connectivity index (χ3n) is 4.36. The van der Waals surface area contributed by atoms with E-state index in [4.69, 9.17) is 27.9 Å². The number of hydrogen-bond acceptors (Lipinski definition) is 3. The van der Waals surface area contributed by atoms with E-state index in [2.05, 4.69) is 5.32 Å². The molecule has 24 heavy (non-hydrogen) atoms. The summed E-state index contributed by atoms with van der Waals surface area (Å²) >= 11 is 12.2. The van der Waals surface area contributed by atoms with Gasteiger partial charge in [-0.25, -0.2) is 4.79 Å². The monoisotopic (exact) mass is 374 g/mol. The number of halogens is 2. The number of nitrogens with zero attached hydrogens (tertiary/aromatic N) is 1. The number of amides is 1. The van der Waals surface area contributed by atoms with Crippen molar-refractivity contribution in [3.63, 3.8) is 0 Å². The summed E-state index contributed by atoms with van der Waals surface area (Å²) in [5.41, 5.74) is 0.676. The number of likely N-dealkylation sites (N-methyl/N-ethyl adjacent to an activating group) is 1. The maximum Gasteiger partial charge on any atom is 0.407 e. The molecule has 5 nitrogen and oxygen atoms in total. The van der Waals surface area contributed by atoms with Crippen molar-refractivity contribution in [3.8, 4) is 0 Å². The molecule has 0 radical (unpaired) electrons. The van der Waals surface area contributed by atoms with Gasteiger partial charge in [0.05, 0.1) is 28.7 Å². The van der Waals surface area contributed by atoms with Crippen molar-refractivity contribution in [3.05, 3.63) is 33.8 Å². The SMILES string of the molecule is CN[C@@H]1CN(C(=O)O)CC(C(C)(C)C)O[C@H]1c1ccc(Cl)c(Cl)c1. The topological polar surface area (TPSA) is 61.8 Å². The Morgan fingerprint density at radius 2 is 1.96 bits per heavy atom. The van der Waals surface area contributed by atoms with Gasteiger partial charge in [0.15, 0.2) is 0 Å². The van der Waals surface area contributed by atoms with Crippen LogP contribution >= 0.6 is 23.2 Å². The van der Waals surface area contributed by atoms with Crippen molar-refractivity contribution in [2.75, 3.05) is 20.1 Å². The second-order valence-electron chi connectivity index (χ2n) is 7.17. The first kappa shape index (κ1) is 19.3. The lowest BCUT2D eigenvalue weighted by Gasteiger charge is -2.34. The molecule has 3 atom stereocenters. The summed E-state index contributed by atoms with van der Waals surface area (Å²) in [6.45, 7) is 6.80. The van der Waals surface area contributed by atoms with Gasteiger partial charge in [0.2, 0.25) is 0 Å². The molecular weight excluding hydrogens is 351 g/mol. The van der Waals surface area contributed by atoms with Gasteiger partial charge in [-0.1, -0.05) is 50.0 Å². The van der Waals surface area contributed by atoms with E-state index in [0.29, 0.717) is 23.1 Å². The van der Waals surface area contributed by atoms with Crippen LogP contribution in [0.3, 0.4) is 0 Å². The molecule has 0 spiro atoms. The Bertz CT molecular complexity index is 604. The van der Waals surface area contributed by atoms with Gasteiger partial charge in [-0.05, 0) is 30.2 Å². The molecule has 0 saturated carbocycles. The van der Waals surface area contributed by atoms with Crippen LogP contribution in [0.2, 0.25) is 10.0 Å². The standard InChI is InChI=1S/C17H24Cl2N2O3/c1-17(2,3)14-9-21(16(22)23)8-13(20-4)15(24-14)10-5-6-11(18)12(19)7-10/h5-7,13-15,20H,8-9H2,1-4H3,(H,22,23)/t13-,14?,15+/m1/s1. The summed E-state index contributed by atoms with van der Waals surface area (Å²) in [4.78, 5) is 13.0. The van der Waals surface area contributed by atoms with Gasteiger partial charge in [0.1, 0.15) is 6.10 Å². The molecule has 1 aliphatic rings. The Labute approximate surface area is 152 Å². The summed E-state index contributed by atoms with van der Waals surface area (Å²) in [5.74, 6) is 0. The van der Waals surface area contributed by atoms with Gasteiger partial charge in [-0.2, -0.15) is 0 Å². The minimum absolute atomic E-state index is 0.189. The smallest absolute Gasteiger partial charge is 0.407 e. The van der Waals surface area contributed by atoms with E-state index in [1.807, 2.05) is 26.8 Å². The van der Waals surface area contributed by atoms with Crippen LogP contribution in [0.25, 0.3) is 0 Å². The lowest BCUT2D eigenvalue weighted by atomic mass is 9.88. The average Bonchev–Trinajstić information content (AvgIpc) is 2.69. The molecule has 1 aliphatic heterocycles. The average molecular weight is 375 g/mol. The number of carbonyl (C=O) groups is 1. The normalized spacial score (nSPS) is 25.4. The van der Waals surface area contributed by atoms with E-state index in [1.165, 1.54) is 4.90 Å². The Morgan fingerprint density at radius 3 is 2.46 bits per heavy atom. The zero-order valence-electron chi connectivity index (χ0n) is 14.3. The summed E-state index contributed by atoms with van der Waals surface area (Å²) < 4.78 is 6.37. The van der Waals surface area contributed by atoms with Gasteiger partial charge in [-0.15, -0.1) is 0 Å². The van der Waals surface area contributed by atoms with Crippen LogP contribution < -0.4 is 5.32 Å². The predicted octanol–water partition coefficient (Wildman–Crippen LogP) is 4.05. The Morgan fingerprint density at radius 1 is 1.29 bits per heavy atom. The number of nitrogens with one attached hydrogen (secondary N) is 1. The van der Waals surface area contributed by atoms with E-state index in [1.54, 1.807) is 19.2 Å². The zero-order chi connectivity index (χ0) is 18.1. The molecule has 1 unspecified atom stereocenters. The molecule has 1 amide bonds. The Hall–Kier alpha value is -1.01. The Kier molecular flexibility index (Phi) is 6.02. The van der Waals surface area contributed by atoms with Crippen LogP contribution in [0, 0.1) is 5.41 Å². The molecule has 0 aliphatic carbocycles. The zero-order valence-corrected chi connectivity index (χ0v) is 15.9. The fourth-order valence-corrected chi connectivity index (χ4v) is 3.11. The first-order valence-electron chi connectivity index (χ1n) is 7.89. The second-order valence-corrected chi connectivity index (χ2v) is 7.98. The summed E-state index contributed by atoms with van der Waals surface area (Å²) in [6, 6.07) is 5.21. The van der Waals surface area contributed by atoms with E-state index >= 15 is 0 Å². The quantitative estimate of drug-likeness (QED) is 0.819. The third-order valence-corrected chi connectivity index (χ3v) is 5.10. The molecule has 1 saturated heterocycles. The molecular formula is C17H24Cl2N2O3. The molecule has 134 valence electrons. The van der Waals surface area contributed by atoms with E-state index in [9.17, 15) is 9.90 Å². The molecule has 1 heterocycles. The molecule has 0 bridgehead atoms. The van der Waals surface area contributed by atoms with Crippen LogP contribution in [0.15, 0.2) is 18.2 Å². The van der Waals surface area contributed by atoms with Crippen molar-refractivity contribution in [2.45, 2.75) is 39.0 Å². The van der Waals surface area contributed by atoms with E-state index < -0.39 is 6.09 Å². The highest BCUT2D eigenvalue weighted by Crippen LogP contribution is 2.35. The van der Waals surface area contributed by atoms with Gasteiger partial charge < -0.3 is 20.1 Å². The first-order chi connectivity index (χ1) is 11.1. The number of rotatable bonds is 2. The van der Waals surface area contributed by atoms with Crippen molar-refractivity contribution in [2.24, 2.45) is 5.41 Å². The highest BCUT2D eigenvalue weighted by Gasteiger charge is 2.39. The minimum atomic E-state index is -0.942. The molecule has 7 heteroatoms. The number of carboxylic acid groups (broad SMARTS) is 1. The Balaban J connectivity index is 2.42. The van der Waals surface area contributed by atoms with Gasteiger partial charge in [-0.3, -0.25) is 0 Å². The highest BCUT2D eigenvalue weighted by molar-refractivity contribution is 6.42. The maximum atomic E-state index is 11.6. The first-order valence-corrected chi connectivity index (χ1v) is 8.64. The number of benzene rings is 1. The summed E-state index contributed by atoms with van der Waals surface area (Å²) in [6.07, 6.45) is -1.51. The minimum Gasteiger partial charge on any atom is -0.465 e. The van der Waals surface area contributed by atoms with Crippen LogP contribution in [0.4, 0.5) is 4.79 Å². The highest BCUT2D eigenvalue weighted by atomic mass is 35.5. The second kappa shape index (κ2) is 7.48. The predicted molar refractivity (Wildman–Crippen MR) is 96.0 cm³/mol. The third kappa shape index (κ3) is 4.33. The van der Waals surface area contributed by atoms with Crippen molar-refractivity contribution in [1.82, 2.24) is 10.2 Å². The van der Waals surface area contributed by atoms with Crippen LogP contribution in [-0.4, -0.2) is 48.4 Å². The molecule has 1 aromatic rings. The summed E-state index contributed by atoms with van der Waals surface area (Å²) in [7, 11) is 1.80. The van der Waals surface area contributed by atoms with Gasteiger partial charge in [0.25, 0.3) is 0 Å². The van der Waals surface area contributed by atoms with Crippen molar-refractivity contribution >= 4 is 29.3 Å². The largest absolute Gasteiger partial charge is 0.465 e. The lowest BCUT2D eigenvalue weighted by Crippen LogP contribution is -2.44. The lowest BCUT2D eigenvalue weighted by molar-refractivity contribution is -0.0696. The fourth-order valence-electron chi connectivity index (χ4n) is 2.80. The molecule has 1 fully saturated rings. The molecule has 1 aromatic carbocycles.